The van der Waals surface area contributed by atoms with E-state index in [-0.39, 0.29) is 24.3 Å². The van der Waals surface area contributed by atoms with Gasteiger partial charge in [-0.05, 0) is 6.42 Å². The summed E-state index contributed by atoms with van der Waals surface area (Å²) in [7, 11) is 0. The first-order valence-corrected chi connectivity index (χ1v) is 5.60. The fraction of sp³-hybridized carbons (Fsp3) is 0.500. The quantitative estimate of drug-likeness (QED) is 0.532. The Labute approximate surface area is 112 Å². The molecule has 10 nitrogen and oxygen atoms in total. The van der Waals surface area contributed by atoms with Gasteiger partial charge in [0.15, 0.2) is 0 Å². The van der Waals surface area contributed by atoms with E-state index in [0.717, 1.165) is 0 Å². The molecule has 1 aliphatic heterocycles. The smallest absolute Gasteiger partial charge is 0.432 e. The van der Waals surface area contributed by atoms with E-state index in [4.69, 9.17) is 10.2 Å². The molecule has 0 aliphatic carbocycles. The average Bonchev–Trinajstić information content (AvgIpc) is 2.65. The summed E-state index contributed by atoms with van der Waals surface area (Å²) in [6, 6.07) is -1.49. The average molecular weight is 288 g/mol. The van der Waals surface area contributed by atoms with Gasteiger partial charge in [-0.3, -0.25) is 14.4 Å². The van der Waals surface area contributed by atoms with E-state index in [1.54, 1.807) is 0 Å². The first-order chi connectivity index (χ1) is 9.31. The molecule has 1 aliphatic rings. The number of imide groups is 1. The second kappa shape index (κ2) is 6.50. The summed E-state index contributed by atoms with van der Waals surface area (Å²) < 4.78 is 0. The van der Waals surface area contributed by atoms with Crippen LogP contribution in [-0.4, -0.2) is 51.2 Å². The summed E-state index contributed by atoms with van der Waals surface area (Å²) in [4.78, 5) is 59.2. The summed E-state index contributed by atoms with van der Waals surface area (Å²) in [5.74, 6) is -4.09. The molecule has 10 heteroatoms. The third-order valence-electron chi connectivity index (χ3n) is 2.42. The van der Waals surface area contributed by atoms with Gasteiger partial charge < -0.3 is 20.4 Å². The molecule has 0 spiro atoms. The Morgan fingerprint density at radius 3 is 2.20 bits per heavy atom. The first-order valence-electron chi connectivity index (χ1n) is 5.60. The third kappa shape index (κ3) is 4.23. The Morgan fingerprint density at radius 2 is 1.75 bits per heavy atom. The number of hydroxylamine groups is 2. The maximum atomic E-state index is 11.4. The number of carbonyl (C=O) groups excluding carboxylic acids is 3. The molecule has 20 heavy (non-hydrogen) atoms. The highest BCUT2D eigenvalue weighted by atomic mass is 16.7. The highest BCUT2D eigenvalue weighted by Gasteiger charge is 2.33. The molecule has 3 amide bonds. The topological polar surface area (TPSA) is 150 Å². The molecule has 1 heterocycles. The van der Waals surface area contributed by atoms with Crippen molar-refractivity contribution in [2.45, 2.75) is 31.7 Å². The normalized spacial score (nSPS) is 15.9. The molecule has 110 valence electrons. The van der Waals surface area contributed by atoms with Crippen LogP contribution in [0.5, 0.6) is 0 Å². The maximum absolute atomic E-state index is 11.4. The van der Waals surface area contributed by atoms with Crippen LogP contribution in [0, 0.1) is 0 Å². The van der Waals surface area contributed by atoms with Crippen LogP contribution < -0.4 is 5.32 Å². The Balaban J connectivity index is 2.53. The van der Waals surface area contributed by atoms with Gasteiger partial charge in [-0.15, -0.1) is 5.06 Å². The summed E-state index contributed by atoms with van der Waals surface area (Å²) in [5, 5.41) is 19.4. The van der Waals surface area contributed by atoms with Crippen molar-refractivity contribution < 1.29 is 39.0 Å². The number of aliphatic carboxylic acids is 2. The van der Waals surface area contributed by atoms with Crippen molar-refractivity contribution in [2.75, 3.05) is 0 Å². The summed E-state index contributed by atoms with van der Waals surface area (Å²) in [5.41, 5.74) is 0. The number of rotatable bonds is 6. The predicted octanol–water partition coefficient (Wildman–Crippen LogP) is -0.905. The van der Waals surface area contributed by atoms with E-state index < -0.39 is 42.3 Å². The van der Waals surface area contributed by atoms with Gasteiger partial charge in [-0.1, -0.05) is 0 Å². The van der Waals surface area contributed by atoms with Gasteiger partial charge in [0.25, 0.3) is 11.8 Å². The van der Waals surface area contributed by atoms with E-state index in [9.17, 15) is 24.0 Å². The molecule has 0 aromatic heterocycles. The van der Waals surface area contributed by atoms with Crippen molar-refractivity contribution in [3.63, 3.8) is 0 Å². The van der Waals surface area contributed by atoms with Gasteiger partial charge in [-0.25, -0.2) is 9.59 Å². The Morgan fingerprint density at radius 1 is 1.20 bits per heavy atom. The molecule has 0 saturated carbocycles. The molecule has 1 rings (SSSR count). The molecule has 0 aromatic carbocycles. The molecule has 1 atom stereocenters. The Kier molecular flexibility index (Phi) is 5.01. The largest absolute Gasteiger partial charge is 0.481 e. The Bertz CT molecular complexity index is 444. The second-order valence-electron chi connectivity index (χ2n) is 3.93. The number of hydrogen-bond acceptors (Lipinski definition) is 6. The van der Waals surface area contributed by atoms with Crippen molar-refractivity contribution in [1.82, 2.24) is 10.4 Å². The van der Waals surface area contributed by atoms with Crippen molar-refractivity contribution in [3.8, 4) is 0 Å². The number of carboxylic acid groups (broad SMARTS) is 2. The number of nitrogens with one attached hydrogen (secondary N) is 1. The van der Waals surface area contributed by atoms with E-state index in [2.05, 4.69) is 4.84 Å². The lowest BCUT2D eigenvalue weighted by molar-refractivity contribution is -0.171. The van der Waals surface area contributed by atoms with Gasteiger partial charge >= 0.3 is 18.0 Å². The molecule has 1 saturated heterocycles. The second-order valence-corrected chi connectivity index (χ2v) is 3.93. The minimum Gasteiger partial charge on any atom is -0.481 e. The fourth-order valence-corrected chi connectivity index (χ4v) is 1.43. The SMILES string of the molecule is O=C(O)CC[C@H](NC(=O)ON1C(=O)CCC1=O)C(=O)O. The highest BCUT2D eigenvalue weighted by Crippen LogP contribution is 2.12. The molecular formula is C10H12N2O8. The zero-order chi connectivity index (χ0) is 15.3. The van der Waals surface area contributed by atoms with Gasteiger partial charge in [0, 0.05) is 19.3 Å². The molecule has 0 unspecified atom stereocenters. The van der Waals surface area contributed by atoms with Crippen molar-refractivity contribution in [2.24, 2.45) is 0 Å². The van der Waals surface area contributed by atoms with Gasteiger partial charge in [0.2, 0.25) is 0 Å². The standard InChI is InChI=1S/C10H12N2O8/c13-6-2-3-7(14)12(6)20-10(19)11-5(9(17)18)1-4-8(15)16/h5H,1-4H2,(H,11,19)(H,15,16)(H,17,18)/t5-/m0/s1. The van der Waals surface area contributed by atoms with E-state index in [0.29, 0.717) is 0 Å². The number of nitrogens with zero attached hydrogens (tertiary/aromatic N) is 1. The highest BCUT2D eigenvalue weighted by molar-refractivity contribution is 6.01. The predicted molar refractivity (Wildman–Crippen MR) is 59.0 cm³/mol. The monoisotopic (exact) mass is 288 g/mol. The number of carboxylic acids is 2. The van der Waals surface area contributed by atoms with Crippen LogP contribution in [0.15, 0.2) is 0 Å². The van der Waals surface area contributed by atoms with Crippen molar-refractivity contribution in [1.29, 1.82) is 0 Å². The van der Waals surface area contributed by atoms with Crippen LogP contribution >= 0.6 is 0 Å². The zero-order valence-electron chi connectivity index (χ0n) is 10.2. The minimum atomic E-state index is -1.49. The summed E-state index contributed by atoms with van der Waals surface area (Å²) >= 11 is 0. The molecular weight excluding hydrogens is 276 g/mol. The van der Waals surface area contributed by atoms with Gasteiger partial charge in [0.1, 0.15) is 6.04 Å². The van der Waals surface area contributed by atoms with Crippen LogP contribution in [0.1, 0.15) is 25.7 Å². The first kappa shape index (κ1) is 15.4. The van der Waals surface area contributed by atoms with Crippen molar-refractivity contribution >= 4 is 29.8 Å². The van der Waals surface area contributed by atoms with Crippen LogP contribution in [0.3, 0.4) is 0 Å². The lowest BCUT2D eigenvalue weighted by Gasteiger charge is -2.16. The molecule has 3 N–H and O–H groups in total. The molecule has 1 fully saturated rings. The lowest BCUT2D eigenvalue weighted by Crippen LogP contribution is -2.44. The maximum Gasteiger partial charge on any atom is 0.432 e. The fourth-order valence-electron chi connectivity index (χ4n) is 1.43. The van der Waals surface area contributed by atoms with Crippen LogP contribution in [-0.2, 0) is 24.0 Å². The summed E-state index contributed by atoms with van der Waals surface area (Å²) in [6.07, 6.45) is -2.33. The minimum absolute atomic E-state index is 0.0898. The van der Waals surface area contributed by atoms with Crippen LogP contribution in [0.25, 0.3) is 0 Å². The van der Waals surface area contributed by atoms with Crippen LogP contribution in [0.4, 0.5) is 4.79 Å². The third-order valence-corrected chi connectivity index (χ3v) is 2.42. The number of amides is 3. The van der Waals surface area contributed by atoms with Crippen molar-refractivity contribution in [3.05, 3.63) is 0 Å². The molecule has 0 radical (unpaired) electrons. The number of carbonyl (C=O) groups is 5. The van der Waals surface area contributed by atoms with Gasteiger partial charge in [-0.2, -0.15) is 0 Å². The van der Waals surface area contributed by atoms with Gasteiger partial charge in [0.05, 0.1) is 0 Å². The van der Waals surface area contributed by atoms with E-state index in [1.165, 1.54) is 0 Å². The van der Waals surface area contributed by atoms with Crippen LogP contribution in [0.2, 0.25) is 0 Å². The number of hydrogen-bond donors (Lipinski definition) is 3. The zero-order valence-corrected chi connectivity index (χ0v) is 10.2. The lowest BCUT2D eigenvalue weighted by atomic mass is 10.1. The molecule has 0 aromatic rings. The Hall–Kier alpha value is -2.65. The van der Waals surface area contributed by atoms with E-state index in [1.807, 2.05) is 5.32 Å². The summed E-state index contributed by atoms with van der Waals surface area (Å²) in [6.45, 7) is 0. The van der Waals surface area contributed by atoms with E-state index >= 15 is 0 Å². The molecule has 0 bridgehead atoms.